The number of nitrogens with one attached hydrogen (secondary N) is 2. The minimum Gasteiger partial charge on any atom is -0.484 e. The molecule has 3 rings (SSSR count). The van der Waals surface area contributed by atoms with Crippen molar-refractivity contribution in [3.05, 3.63) is 72.1 Å². The molecular weight excluding hydrogens is 443 g/mol. The normalized spacial score (nSPS) is 11.0. The van der Waals surface area contributed by atoms with Crippen molar-refractivity contribution in [2.45, 2.75) is 10.6 Å². The van der Waals surface area contributed by atoms with E-state index in [9.17, 15) is 22.4 Å². The van der Waals surface area contributed by atoms with Crippen LogP contribution in [0.2, 0.25) is 0 Å². The Morgan fingerprint density at radius 3 is 2.41 bits per heavy atom. The van der Waals surface area contributed by atoms with E-state index in [1.165, 1.54) is 36.4 Å². The fourth-order valence-corrected chi connectivity index (χ4v) is 3.67. The summed E-state index contributed by atoms with van der Waals surface area (Å²) >= 11 is 0. The monoisotopic (exact) mass is 462 g/mol. The summed E-state index contributed by atoms with van der Waals surface area (Å²) < 4.78 is 47.5. The fraction of sp³-hybridized carbons (Fsp3) is 0.200. The summed E-state index contributed by atoms with van der Waals surface area (Å²) in [5.41, 5.74) is 0. The average molecular weight is 462 g/mol. The van der Waals surface area contributed by atoms with Gasteiger partial charge in [0, 0.05) is 13.1 Å². The lowest BCUT2D eigenvalue weighted by Crippen LogP contribution is -2.36. The van der Waals surface area contributed by atoms with Crippen molar-refractivity contribution in [1.29, 1.82) is 0 Å². The van der Waals surface area contributed by atoms with Crippen molar-refractivity contribution in [2.24, 2.45) is 0 Å². The topological polar surface area (TPSA) is 140 Å². The molecule has 32 heavy (non-hydrogen) atoms. The quantitative estimate of drug-likeness (QED) is 0.427. The minimum absolute atomic E-state index is 0.0567. The maximum Gasteiger partial charge on any atom is 0.315 e. The second-order valence-corrected chi connectivity index (χ2v) is 8.43. The van der Waals surface area contributed by atoms with Crippen molar-refractivity contribution in [1.82, 2.24) is 20.8 Å². The van der Waals surface area contributed by atoms with E-state index in [-0.39, 0.29) is 30.4 Å². The third-order valence-electron chi connectivity index (χ3n) is 4.00. The van der Waals surface area contributed by atoms with Gasteiger partial charge in [0.05, 0.1) is 4.90 Å². The summed E-state index contributed by atoms with van der Waals surface area (Å²) in [6.45, 7) is -0.121. The van der Waals surface area contributed by atoms with Crippen LogP contribution < -0.4 is 15.4 Å². The lowest BCUT2D eigenvalue weighted by molar-refractivity contribution is -0.123. The van der Waals surface area contributed by atoms with Crippen LogP contribution in [0.25, 0.3) is 0 Å². The standard InChI is InChI=1S/C20H19FN4O6S/c21-14-6-8-15(9-7-14)30-12-18(26)22-10-11-23-19(27)20-24-17(25-31-20)13-32(28,29)16-4-2-1-3-5-16/h1-9H,10-13H2,(H,22,26)(H,23,27). The third kappa shape index (κ3) is 6.60. The molecule has 0 radical (unpaired) electrons. The molecule has 168 valence electrons. The number of carbonyl (C=O) groups excluding carboxylic acids is 2. The molecule has 10 nitrogen and oxygen atoms in total. The van der Waals surface area contributed by atoms with Crippen LogP contribution in [0.5, 0.6) is 5.75 Å². The summed E-state index contributed by atoms with van der Waals surface area (Å²) in [7, 11) is -3.68. The van der Waals surface area contributed by atoms with Crippen molar-refractivity contribution in [3.63, 3.8) is 0 Å². The van der Waals surface area contributed by atoms with E-state index in [0.717, 1.165) is 0 Å². The zero-order valence-corrected chi connectivity index (χ0v) is 17.5. The molecule has 2 aromatic carbocycles. The highest BCUT2D eigenvalue weighted by molar-refractivity contribution is 7.90. The van der Waals surface area contributed by atoms with Gasteiger partial charge in [-0.1, -0.05) is 23.4 Å². The van der Waals surface area contributed by atoms with Gasteiger partial charge in [0.25, 0.3) is 5.91 Å². The van der Waals surface area contributed by atoms with E-state index < -0.39 is 39.1 Å². The van der Waals surface area contributed by atoms with Gasteiger partial charge in [0.1, 0.15) is 17.3 Å². The number of rotatable bonds is 10. The highest BCUT2D eigenvalue weighted by Gasteiger charge is 2.21. The Labute approximate surface area is 182 Å². The fourth-order valence-electron chi connectivity index (χ4n) is 2.47. The molecule has 0 aliphatic carbocycles. The largest absolute Gasteiger partial charge is 0.484 e. The third-order valence-corrected chi connectivity index (χ3v) is 5.63. The van der Waals surface area contributed by atoms with Gasteiger partial charge in [-0.3, -0.25) is 9.59 Å². The van der Waals surface area contributed by atoms with Crippen LogP contribution in [0.1, 0.15) is 16.5 Å². The Kier molecular flexibility index (Phi) is 7.49. The zero-order valence-electron chi connectivity index (χ0n) is 16.7. The number of hydrogen-bond donors (Lipinski definition) is 2. The molecule has 0 fully saturated rings. The first-order valence-corrected chi connectivity index (χ1v) is 11.0. The highest BCUT2D eigenvalue weighted by atomic mass is 32.2. The number of ether oxygens (including phenoxy) is 1. The lowest BCUT2D eigenvalue weighted by Gasteiger charge is -2.07. The van der Waals surface area contributed by atoms with E-state index >= 15 is 0 Å². The van der Waals surface area contributed by atoms with Gasteiger partial charge in [0.15, 0.2) is 22.3 Å². The number of carbonyl (C=O) groups is 2. The molecule has 2 N–H and O–H groups in total. The van der Waals surface area contributed by atoms with E-state index in [2.05, 4.69) is 20.8 Å². The minimum atomic E-state index is -3.68. The molecule has 2 amide bonds. The molecule has 0 saturated heterocycles. The predicted octanol–water partition coefficient (Wildman–Crippen LogP) is 1.11. The number of nitrogens with zero attached hydrogens (tertiary/aromatic N) is 2. The van der Waals surface area contributed by atoms with E-state index in [1.54, 1.807) is 18.2 Å². The smallest absolute Gasteiger partial charge is 0.315 e. The Hall–Kier alpha value is -3.80. The number of amides is 2. The van der Waals surface area contributed by atoms with Crippen molar-refractivity contribution >= 4 is 21.7 Å². The van der Waals surface area contributed by atoms with Crippen LogP contribution in [0, 0.1) is 5.82 Å². The molecular formula is C20H19FN4O6S. The maximum atomic E-state index is 12.8. The molecule has 0 bridgehead atoms. The summed E-state index contributed by atoms with van der Waals surface area (Å²) in [4.78, 5) is 27.7. The molecule has 0 spiro atoms. The zero-order chi connectivity index (χ0) is 23.0. The second-order valence-electron chi connectivity index (χ2n) is 6.44. The van der Waals surface area contributed by atoms with E-state index in [0.29, 0.717) is 5.75 Å². The average Bonchev–Trinajstić information content (AvgIpc) is 3.24. The summed E-state index contributed by atoms with van der Waals surface area (Å²) in [5, 5.41) is 8.51. The van der Waals surface area contributed by atoms with Crippen LogP contribution in [0.15, 0.2) is 64.0 Å². The van der Waals surface area contributed by atoms with Crippen LogP contribution in [-0.2, 0) is 20.4 Å². The Balaban J connectivity index is 1.39. The molecule has 1 heterocycles. The molecule has 0 atom stereocenters. The van der Waals surface area contributed by atoms with Crippen LogP contribution >= 0.6 is 0 Å². The van der Waals surface area contributed by atoms with Crippen molar-refractivity contribution < 1.29 is 31.7 Å². The molecule has 12 heteroatoms. The Morgan fingerprint density at radius 2 is 1.69 bits per heavy atom. The maximum absolute atomic E-state index is 12.8. The van der Waals surface area contributed by atoms with Gasteiger partial charge >= 0.3 is 11.8 Å². The first-order valence-electron chi connectivity index (χ1n) is 9.37. The summed E-state index contributed by atoms with van der Waals surface area (Å²) in [6, 6.07) is 13.0. The second kappa shape index (κ2) is 10.5. The van der Waals surface area contributed by atoms with Gasteiger partial charge in [-0.15, -0.1) is 0 Å². The van der Waals surface area contributed by atoms with Gasteiger partial charge < -0.3 is 19.9 Å². The SMILES string of the molecule is O=C(COc1ccc(F)cc1)NCCNC(=O)c1nc(CS(=O)(=O)c2ccccc2)no1. The summed E-state index contributed by atoms with van der Waals surface area (Å²) in [5.74, 6) is -2.27. The number of aromatic nitrogens is 2. The molecule has 3 aromatic rings. The van der Waals surface area contributed by atoms with E-state index in [4.69, 9.17) is 9.26 Å². The Bertz CT molecular complexity index is 1170. The Morgan fingerprint density at radius 1 is 1.00 bits per heavy atom. The molecule has 0 unspecified atom stereocenters. The predicted molar refractivity (Wildman–Crippen MR) is 109 cm³/mol. The number of sulfone groups is 1. The molecule has 1 aromatic heterocycles. The first kappa shape index (κ1) is 22.9. The number of hydrogen-bond acceptors (Lipinski definition) is 8. The number of halogens is 1. The van der Waals surface area contributed by atoms with E-state index in [1.807, 2.05) is 0 Å². The van der Waals surface area contributed by atoms with Crippen LogP contribution in [0.4, 0.5) is 4.39 Å². The molecule has 0 aliphatic heterocycles. The van der Waals surface area contributed by atoms with Crippen LogP contribution in [0.3, 0.4) is 0 Å². The molecule has 0 aliphatic rings. The van der Waals surface area contributed by atoms with Crippen molar-refractivity contribution in [2.75, 3.05) is 19.7 Å². The van der Waals surface area contributed by atoms with Crippen molar-refractivity contribution in [3.8, 4) is 5.75 Å². The first-order chi connectivity index (χ1) is 15.3. The summed E-state index contributed by atoms with van der Waals surface area (Å²) in [6.07, 6.45) is 0. The highest BCUT2D eigenvalue weighted by Crippen LogP contribution is 2.14. The van der Waals surface area contributed by atoms with Gasteiger partial charge in [-0.2, -0.15) is 4.98 Å². The number of benzene rings is 2. The van der Waals surface area contributed by atoms with Gasteiger partial charge in [-0.25, -0.2) is 12.8 Å². The van der Waals surface area contributed by atoms with Crippen LogP contribution in [-0.4, -0.2) is 50.1 Å². The van der Waals surface area contributed by atoms with Gasteiger partial charge in [-0.05, 0) is 36.4 Å². The van der Waals surface area contributed by atoms with Gasteiger partial charge in [0.2, 0.25) is 0 Å². The lowest BCUT2D eigenvalue weighted by atomic mass is 10.3. The molecule has 0 saturated carbocycles.